The highest BCUT2D eigenvalue weighted by Crippen LogP contribution is 2.17. The Kier molecular flexibility index (Phi) is 7.33. The van der Waals surface area contributed by atoms with Gasteiger partial charge in [0.25, 0.3) is 5.91 Å². The summed E-state index contributed by atoms with van der Waals surface area (Å²) in [6, 6.07) is 3.46. The predicted octanol–water partition coefficient (Wildman–Crippen LogP) is 2.71. The molecule has 0 aliphatic carbocycles. The first-order chi connectivity index (χ1) is 9.58. The number of methoxy groups -OCH3 is 1. The molecular weight excluding hydrogens is 278 g/mol. The van der Waals surface area contributed by atoms with Crippen LogP contribution in [0.15, 0.2) is 12.1 Å². The Morgan fingerprint density at radius 1 is 1.50 bits per heavy atom. The highest BCUT2D eigenvalue weighted by Gasteiger charge is 2.15. The number of nitrogens with zero attached hydrogens (tertiary/aromatic N) is 1. The molecule has 20 heavy (non-hydrogen) atoms. The fourth-order valence-electron chi connectivity index (χ4n) is 1.61. The van der Waals surface area contributed by atoms with Crippen molar-refractivity contribution in [3.05, 3.63) is 22.8 Å². The first-order valence-corrected chi connectivity index (χ1v) is 7.16. The minimum atomic E-state index is -0.265. The van der Waals surface area contributed by atoms with Crippen LogP contribution in [0.2, 0.25) is 5.02 Å². The lowest BCUT2D eigenvalue weighted by atomic mass is 10.2. The number of nitrogens with one attached hydrogen (secondary N) is 2. The molecule has 0 aromatic carbocycles. The van der Waals surface area contributed by atoms with Crippen molar-refractivity contribution in [3.8, 4) is 0 Å². The van der Waals surface area contributed by atoms with Gasteiger partial charge in [-0.2, -0.15) is 0 Å². The lowest BCUT2D eigenvalue weighted by Gasteiger charge is -2.14. The van der Waals surface area contributed by atoms with Crippen molar-refractivity contribution in [2.75, 3.05) is 25.6 Å². The second-order valence-electron chi connectivity index (χ2n) is 4.61. The molecule has 0 bridgehead atoms. The van der Waals surface area contributed by atoms with E-state index >= 15 is 0 Å². The number of rotatable bonds is 8. The Morgan fingerprint density at radius 3 is 2.90 bits per heavy atom. The summed E-state index contributed by atoms with van der Waals surface area (Å²) < 4.78 is 4.98. The van der Waals surface area contributed by atoms with Crippen LogP contribution in [0.4, 0.5) is 5.82 Å². The molecule has 0 aliphatic rings. The van der Waals surface area contributed by atoms with E-state index in [9.17, 15) is 4.79 Å². The number of carbonyl (C=O) groups excluding carboxylic acids is 1. The van der Waals surface area contributed by atoms with E-state index in [4.69, 9.17) is 16.3 Å². The molecule has 0 saturated carbocycles. The van der Waals surface area contributed by atoms with Gasteiger partial charge in [-0.3, -0.25) is 4.79 Å². The largest absolute Gasteiger partial charge is 0.385 e. The fourth-order valence-corrected chi connectivity index (χ4v) is 1.80. The summed E-state index contributed by atoms with van der Waals surface area (Å²) in [7, 11) is 1.63. The molecule has 1 aromatic rings. The Hall–Kier alpha value is -1.33. The zero-order chi connectivity index (χ0) is 15.0. The van der Waals surface area contributed by atoms with E-state index in [1.807, 2.05) is 6.92 Å². The summed E-state index contributed by atoms with van der Waals surface area (Å²) in [6.07, 6.45) is 1.73. The molecule has 2 N–H and O–H groups in total. The number of hydrogen-bond donors (Lipinski definition) is 2. The second kappa shape index (κ2) is 8.76. The molecular formula is C14H22ClN3O2. The number of ether oxygens (including phenoxy) is 1. The van der Waals surface area contributed by atoms with Gasteiger partial charge in [0.1, 0.15) is 11.5 Å². The second-order valence-corrected chi connectivity index (χ2v) is 5.02. The highest BCUT2D eigenvalue weighted by molar-refractivity contribution is 6.33. The SMILES string of the molecule is CCCNc1ccc(Cl)c(C(=O)NC(C)CCOC)n1. The molecule has 1 heterocycles. The van der Waals surface area contributed by atoms with Gasteiger partial charge in [-0.1, -0.05) is 18.5 Å². The standard InChI is InChI=1S/C14H22ClN3O2/c1-4-8-16-12-6-5-11(15)13(18-12)14(19)17-10(2)7-9-20-3/h5-6,10H,4,7-9H2,1-3H3,(H,16,18)(H,17,19). The molecule has 1 amide bonds. The molecule has 0 spiro atoms. The van der Waals surface area contributed by atoms with E-state index in [1.165, 1.54) is 0 Å². The smallest absolute Gasteiger partial charge is 0.271 e. The van der Waals surface area contributed by atoms with Gasteiger partial charge >= 0.3 is 0 Å². The molecule has 0 radical (unpaired) electrons. The van der Waals surface area contributed by atoms with E-state index in [-0.39, 0.29) is 17.6 Å². The third-order valence-electron chi connectivity index (χ3n) is 2.75. The third kappa shape index (κ3) is 5.35. The minimum Gasteiger partial charge on any atom is -0.385 e. The molecule has 0 saturated heterocycles. The molecule has 0 aliphatic heterocycles. The Labute approximate surface area is 125 Å². The Morgan fingerprint density at radius 2 is 2.25 bits per heavy atom. The normalized spacial score (nSPS) is 12.0. The van der Waals surface area contributed by atoms with E-state index in [0.29, 0.717) is 17.4 Å². The van der Waals surface area contributed by atoms with Crippen LogP contribution in [-0.2, 0) is 4.74 Å². The van der Waals surface area contributed by atoms with Gasteiger partial charge in [0.2, 0.25) is 0 Å². The zero-order valence-electron chi connectivity index (χ0n) is 12.2. The molecule has 5 nitrogen and oxygen atoms in total. The van der Waals surface area contributed by atoms with Crippen LogP contribution >= 0.6 is 11.6 Å². The molecule has 1 aromatic heterocycles. The fraction of sp³-hybridized carbons (Fsp3) is 0.571. The minimum absolute atomic E-state index is 0.00701. The monoisotopic (exact) mass is 299 g/mol. The third-order valence-corrected chi connectivity index (χ3v) is 3.05. The summed E-state index contributed by atoms with van der Waals surface area (Å²) in [4.78, 5) is 16.4. The average Bonchev–Trinajstić information content (AvgIpc) is 2.44. The van der Waals surface area contributed by atoms with Crippen molar-refractivity contribution in [1.29, 1.82) is 0 Å². The van der Waals surface area contributed by atoms with Gasteiger partial charge in [-0.25, -0.2) is 4.98 Å². The van der Waals surface area contributed by atoms with E-state index in [1.54, 1.807) is 19.2 Å². The van der Waals surface area contributed by atoms with E-state index < -0.39 is 0 Å². The number of anilines is 1. The number of halogens is 1. The molecule has 1 atom stereocenters. The number of aromatic nitrogens is 1. The topological polar surface area (TPSA) is 63.2 Å². The number of pyridine rings is 1. The Bertz CT molecular complexity index is 440. The van der Waals surface area contributed by atoms with Crippen molar-refractivity contribution >= 4 is 23.3 Å². The summed E-state index contributed by atoms with van der Waals surface area (Å²) in [6.45, 7) is 5.39. The van der Waals surface area contributed by atoms with Gasteiger partial charge in [-0.05, 0) is 31.9 Å². The molecule has 112 valence electrons. The summed E-state index contributed by atoms with van der Waals surface area (Å²) >= 11 is 6.04. The van der Waals surface area contributed by atoms with E-state index in [2.05, 4.69) is 22.5 Å². The van der Waals surface area contributed by atoms with Crippen molar-refractivity contribution in [2.45, 2.75) is 32.7 Å². The first kappa shape index (κ1) is 16.7. The van der Waals surface area contributed by atoms with Gasteiger partial charge in [0.15, 0.2) is 0 Å². The van der Waals surface area contributed by atoms with Crippen LogP contribution in [0.25, 0.3) is 0 Å². The van der Waals surface area contributed by atoms with Crippen LogP contribution in [0, 0.1) is 0 Å². The van der Waals surface area contributed by atoms with E-state index in [0.717, 1.165) is 19.4 Å². The number of carbonyl (C=O) groups is 1. The lowest BCUT2D eigenvalue weighted by Crippen LogP contribution is -2.34. The average molecular weight is 300 g/mol. The summed E-state index contributed by atoms with van der Waals surface area (Å²) in [5, 5.41) is 6.35. The molecule has 0 fully saturated rings. The van der Waals surface area contributed by atoms with Crippen molar-refractivity contribution < 1.29 is 9.53 Å². The highest BCUT2D eigenvalue weighted by atomic mass is 35.5. The van der Waals surface area contributed by atoms with Gasteiger partial charge in [-0.15, -0.1) is 0 Å². The zero-order valence-corrected chi connectivity index (χ0v) is 13.0. The van der Waals surface area contributed by atoms with Gasteiger partial charge < -0.3 is 15.4 Å². The van der Waals surface area contributed by atoms with Crippen molar-refractivity contribution in [1.82, 2.24) is 10.3 Å². The summed E-state index contributed by atoms with van der Waals surface area (Å²) in [5.74, 6) is 0.393. The first-order valence-electron chi connectivity index (χ1n) is 6.78. The van der Waals surface area contributed by atoms with Crippen LogP contribution < -0.4 is 10.6 Å². The van der Waals surface area contributed by atoms with Crippen LogP contribution in [-0.4, -0.2) is 37.2 Å². The Balaban J connectivity index is 2.70. The van der Waals surface area contributed by atoms with Crippen molar-refractivity contribution in [2.24, 2.45) is 0 Å². The van der Waals surface area contributed by atoms with Crippen molar-refractivity contribution in [3.63, 3.8) is 0 Å². The molecule has 1 unspecified atom stereocenters. The predicted molar refractivity (Wildman–Crippen MR) is 81.4 cm³/mol. The maximum Gasteiger partial charge on any atom is 0.271 e. The number of amides is 1. The molecule has 6 heteroatoms. The van der Waals surface area contributed by atoms with Crippen LogP contribution in [0.1, 0.15) is 37.2 Å². The quantitative estimate of drug-likeness (QED) is 0.775. The van der Waals surface area contributed by atoms with Crippen LogP contribution in [0.3, 0.4) is 0 Å². The van der Waals surface area contributed by atoms with Gasteiger partial charge in [0.05, 0.1) is 5.02 Å². The lowest BCUT2D eigenvalue weighted by molar-refractivity contribution is 0.0925. The maximum atomic E-state index is 12.1. The number of hydrogen-bond acceptors (Lipinski definition) is 4. The molecule has 1 rings (SSSR count). The van der Waals surface area contributed by atoms with Crippen LogP contribution in [0.5, 0.6) is 0 Å². The summed E-state index contributed by atoms with van der Waals surface area (Å²) in [5.41, 5.74) is 0.247. The van der Waals surface area contributed by atoms with Gasteiger partial charge in [0, 0.05) is 26.3 Å². The maximum absolute atomic E-state index is 12.1.